The van der Waals surface area contributed by atoms with Crippen LogP contribution in [0.4, 0.5) is 11.6 Å². The Hall–Kier alpha value is -3.78. The molecular weight excluding hydrogens is 404 g/mol. The van der Waals surface area contributed by atoms with Crippen molar-refractivity contribution >= 4 is 23.8 Å². The topological polar surface area (TPSA) is 136 Å². The van der Waals surface area contributed by atoms with Crippen LogP contribution in [0.3, 0.4) is 0 Å². The van der Waals surface area contributed by atoms with Crippen LogP contribution in [0.25, 0.3) is 0 Å². The first-order valence-corrected chi connectivity index (χ1v) is 10.4. The van der Waals surface area contributed by atoms with Crippen molar-refractivity contribution in [1.29, 1.82) is 0 Å². The second kappa shape index (κ2) is 11.0. The van der Waals surface area contributed by atoms with Crippen LogP contribution in [-0.4, -0.2) is 35.3 Å². The predicted octanol–water partition coefficient (Wildman–Crippen LogP) is 2.14. The molecule has 0 radical (unpaired) electrons. The van der Waals surface area contributed by atoms with Crippen molar-refractivity contribution < 1.29 is 9.59 Å². The molecule has 3 rings (SSSR count). The van der Waals surface area contributed by atoms with E-state index in [1.54, 1.807) is 12.1 Å². The largest absolute Gasteiger partial charge is 0.382 e. The van der Waals surface area contributed by atoms with Crippen LogP contribution in [0.15, 0.2) is 54.7 Å². The van der Waals surface area contributed by atoms with Gasteiger partial charge in [-0.05, 0) is 36.0 Å². The van der Waals surface area contributed by atoms with Gasteiger partial charge in [0.15, 0.2) is 11.5 Å². The van der Waals surface area contributed by atoms with Crippen molar-refractivity contribution in [3.63, 3.8) is 0 Å². The van der Waals surface area contributed by atoms with Crippen LogP contribution in [0.1, 0.15) is 37.5 Å². The number of aryl methyl sites for hydroxylation is 1. The molecule has 8 heteroatoms. The summed E-state index contributed by atoms with van der Waals surface area (Å²) in [6, 6.07) is 15.7. The van der Waals surface area contributed by atoms with Gasteiger partial charge in [-0.25, -0.2) is 9.97 Å². The Bertz CT molecular complexity index is 1070. The number of hydrogen-bond acceptors (Lipinski definition) is 7. The van der Waals surface area contributed by atoms with Crippen molar-refractivity contribution in [2.24, 2.45) is 5.92 Å². The zero-order valence-electron chi connectivity index (χ0n) is 18.0. The summed E-state index contributed by atoms with van der Waals surface area (Å²) >= 11 is 0. The maximum absolute atomic E-state index is 12.6. The van der Waals surface area contributed by atoms with Gasteiger partial charge in [0.25, 0.3) is 5.91 Å². The Balaban J connectivity index is 1.63. The van der Waals surface area contributed by atoms with Gasteiger partial charge in [0.2, 0.25) is 0 Å². The van der Waals surface area contributed by atoms with E-state index in [1.165, 1.54) is 17.3 Å². The van der Waals surface area contributed by atoms with Crippen molar-refractivity contribution in [3.05, 3.63) is 82.7 Å². The highest BCUT2D eigenvalue weighted by atomic mass is 16.1. The fourth-order valence-corrected chi connectivity index (χ4v) is 3.41. The molecule has 6 N–H and O–H groups in total. The number of rotatable bonds is 10. The van der Waals surface area contributed by atoms with Gasteiger partial charge in [-0.3, -0.25) is 9.59 Å². The monoisotopic (exact) mass is 432 g/mol. The minimum Gasteiger partial charge on any atom is -0.382 e. The number of nitrogens with one attached hydrogen (secondary N) is 2. The number of carbonyl (C=O) groups excluding carboxylic acids is 2. The third-order valence-corrected chi connectivity index (χ3v) is 5.23. The van der Waals surface area contributed by atoms with Gasteiger partial charge >= 0.3 is 0 Å². The lowest BCUT2D eigenvalue weighted by Gasteiger charge is -2.20. The summed E-state index contributed by atoms with van der Waals surface area (Å²) in [4.78, 5) is 31.3. The second-order valence-corrected chi connectivity index (χ2v) is 7.73. The number of hydrogen-bond donors (Lipinski definition) is 4. The summed E-state index contributed by atoms with van der Waals surface area (Å²) < 4.78 is 0. The lowest BCUT2D eigenvalue weighted by atomic mass is 9.95. The third kappa shape index (κ3) is 6.36. The zero-order valence-corrected chi connectivity index (χ0v) is 18.0. The van der Waals surface area contributed by atoms with E-state index in [0.717, 1.165) is 18.3 Å². The lowest BCUT2D eigenvalue weighted by Crippen LogP contribution is -2.36. The summed E-state index contributed by atoms with van der Waals surface area (Å²) in [7, 11) is 0. The number of aromatic nitrogens is 2. The Kier molecular flexibility index (Phi) is 7.88. The molecule has 32 heavy (non-hydrogen) atoms. The highest BCUT2D eigenvalue weighted by Crippen LogP contribution is 2.14. The van der Waals surface area contributed by atoms with Gasteiger partial charge in [0.1, 0.15) is 12.1 Å². The zero-order chi connectivity index (χ0) is 22.9. The van der Waals surface area contributed by atoms with E-state index in [2.05, 4.69) is 39.7 Å². The van der Waals surface area contributed by atoms with Gasteiger partial charge in [0, 0.05) is 25.2 Å². The van der Waals surface area contributed by atoms with E-state index in [9.17, 15) is 9.59 Å². The number of aldehydes is 1. The first-order valence-electron chi connectivity index (χ1n) is 10.4. The fraction of sp³-hybridized carbons (Fsp3) is 0.250. The van der Waals surface area contributed by atoms with Crippen LogP contribution in [0.5, 0.6) is 0 Å². The normalized spacial score (nSPS) is 11.7. The molecular formula is C24H28N6O2. The number of anilines is 2. The quantitative estimate of drug-likeness (QED) is 0.360. The van der Waals surface area contributed by atoms with Gasteiger partial charge in [-0.15, -0.1) is 0 Å². The van der Waals surface area contributed by atoms with Crippen LogP contribution < -0.4 is 22.1 Å². The summed E-state index contributed by atoms with van der Waals surface area (Å²) in [6.07, 6.45) is 2.94. The highest BCUT2D eigenvalue weighted by molar-refractivity contribution is 5.96. The number of carbonyl (C=O) groups is 2. The predicted molar refractivity (Wildman–Crippen MR) is 125 cm³/mol. The van der Waals surface area contributed by atoms with E-state index in [4.69, 9.17) is 11.5 Å². The molecule has 0 aliphatic heterocycles. The first-order chi connectivity index (χ1) is 15.5. The van der Waals surface area contributed by atoms with E-state index in [1.807, 2.05) is 24.3 Å². The number of nitrogen functional groups attached to an aromatic ring is 2. The SMILES string of the molecule is Cc1ccccc1CC(CNCc1ccc(C=O)cc1)CNC(=O)c1ncc(N)nc1N. The van der Waals surface area contributed by atoms with Crippen LogP contribution in [0.2, 0.25) is 0 Å². The summed E-state index contributed by atoms with van der Waals surface area (Å²) in [6.45, 7) is 3.87. The Morgan fingerprint density at radius 3 is 2.53 bits per heavy atom. The molecule has 8 nitrogen and oxygen atoms in total. The van der Waals surface area contributed by atoms with E-state index >= 15 is 0 Å². The first kappa shape index (κ1) is 22.9. The fourth-order valence-electron chi connectivity index (χ4n) is 3.41. The summed E-state index contributed by atoms with van der Waals surface area (Å²) in [5.41, 5.74) is 15.6. The minimum atomic E-state index is -0.380. The molecule has 0 aliphatic rings. The standard InChI is InChI=1S/C24H28N6O2/c1-16-4-2-3-5-20(16)10-19(12-27-11-17-6-8-18(15-31)9-7-17)13-29-24(32)22-23(26)30-21(25)14-28-22/h2-9,14-15,19,27H,10-13H2,1H3,(H,29,32)(H4,25,26,30). The van der Waals surface area contributed by atoms with Crippen LogP contribution >= 0.6 is 0 Å². The number of amides is 1. The maximum atomic E-state index is 12.6. The average Bonchev–Trinajstić information content (AvgIpc) is 2.79. The molecule has 1 aromatic heterocycles. The summed E-state index contributed by atoms with van der Waals surface area (Å²) in [5.74, 6) is -0.0665. The van der Waals surface area contributed by atoms with Gasteiger partial charge < -0.3 is 22.1 Å². The molecule has 2 aromatic carbocycles. The van der Waals surface area contributed by atoms with Crippen LogP contribution in [0, 0.1) is 12.8 Å². The van der Waals surface area contributed by atoms with Gasteiger partial charge in [-0.2, -0.15) is 0 Å². The third-order valence-electron chi connectivity index (χ3n) is 5.23. The molecule has 0 fully saturated rings. The van der Waals surface area contributed by atoms with Crippen LogP contribution in [-0.2, 0) is 13.0 Å². The number of nitrogens with two attached hydrogens (primary N) is 2. The van der Waals surface area contributed by atoms with E-state index in [-0.39, 0.29) is 29.2 Å². The summed E-state index contributed by atoms with van der Waals surface area (Å²) in [5, 5.41) is 6.37. The molecule has 1 heterocycles. The molecule has 1 amide bonds. The van der Waals surface area contributed by atoms with Crippen molar-refractivity contribution in [2.75, 3.05) is 24.6 Å². The Morgan fingerprint density at radius 1 is 1.09 bits per heavy atom. The van der Waals surface area contributed by atoms with Crippen molar-refractivity contribution in [2.45, 2.75) is 19.9 Å². The van der Waals surface area contributed by atoms with Gasteiger partial charge in [0.05, 0.1) is 6.20 Å². The van der Waals surface area contributed by atoms with Crippen molar-refractivity contribution in [1.82, 2.24) is 20.6 Å². The van der Waals surface area contributed by atoms with E-state index in [0.29, 0.717) is 25.2 Å². The average molecular weight is 433 g/mol. The molecule has 0 bridgehead atoms. The Morgan fingerprint density at radius 2 is 1.84 bits per heavy atom. The minimum absolute atomic E-state index is 0.00912. The second-order valence-electron chi connectivity index (χ2n) is 7.73. The molecule has 0 saturated carbocycles. The number of benzene rings is 2. The Labute approximate surface area is 187 Å². The molecule has 0 spiro atoms. The molecule has 1 unspecified atom stereocenters. The smallest absolute Gasteiger partial charge is 0.273 e. The van der Waals surface area contributed by atoms with E-state index < -0.39 is 0 Å². The number of nitrogens with zero attached hydrogens (tertiary/aromatic N) is 2. The lowest BCUT2D eigenvalue weighted by molar-refractivity contribution is 0.0942. The molecule has 1 atom stereocenters. The highest BCUT2D eigenvalue weighted by Gasteiger charge is 2.17. The maximum Gasteiger partial charge on any atom is 0.273 e. The molecule has 0 saturated heterocycles. The van der Waals surface area contributed by atoms with Gasteiger partial charge in [-0.1, -0.05) is 48.5 Å². The van der Waals surface area contributed by atoms with Crippen molar-refractivity contribution in [3.8, 4) is 0 Å². The molecule has 0 aliphatic carbocycles. The molecule has 166 valence electrons. The molecule has 3 aromatic rings.